The normalized spacial score (nSPS) is 12.2. The molecule has 0 amide bonds. The Morgan fingerprint density at radius 3 is 1.67 bits per heavy atom. The molecule has 0 spiro atoms. The number of allylic oxidation sites excluding steroid dienone is 2. The van der Waals surface area contributed by atoms with E-state index in [9.17, 15) is 14.7 Å². The van der Waals surface area contributed by atoms with Gasteiger partial charge in [-0.1, -0.05) is 122 Å². The molecule has 1 N–H and O–H groups in total. The smallest absolute Gasteiger partial charge is 0.307 e. The molecule has 33 heavy (non-hydrogen) atoms. The van der Waals surface area contributed by atoms with Gasteiger partial charge in [-0.15, -0.1) is 0 Å². The van der Waals surface area contributed by atoms with E-state index in [1.165, 1.54) is 102 Å². The molecule has 0 radical (unpaired) electrons. The van der Waals surface area contributed by atoms with Crippen LogP contribution in [0.15, 0.2) is 24.8 Å². The van der Waals surface area contributed by atoms with Crippen LogP contribution in [0.1, 0.15) is 135 Å². The summed E-state index contributed by atoms with van der Waals surface area (Å²) in [5, 5.41) is 9.27. The number of carbonyl (C=O) groups excluding carboxylic acids is 1. The lowest BCUT2D eigenvalue weighted by molar-refractivity contribution is -0.151. The molecule has 0 aromatic heterocycles. The highest BCUT2D eigenvalue weighted by Gasteiger charge is 2.21. The van der Waals surface area contributed by atoms with Crippen molar-refractivity contribution in [2.75, 3.05) is 6.61 Å². The maximum Gasteiger partial charge on any atom is 0.307 e. The van der Waals surface area contributed by atoms with Crippen molar-refractivity contribution >= 4 is 11.9 Å². The molecule has 0 saturated carbocycles. The largest absolute Gasteiger partial charge is 0.481 e. The summed E-state index contributed by atoms with van der Waals surface area (Å²) in [6.45, 7) is 5.89. The van der Waals surface area contributed by atoms with Gasteiger partial charge in [0.05, 0.1) is 12.3 Å². The monoisotopic (exact) mass is 464 g/mol. The minimum absolute atomic E-state index is 0.0436. The number of esters is 1. The molecular formula is C29H52O4. The summed E-state index contributed by atoms with van der Waals surface area (Å²) >= 11 is 0. The van der Waals surface area contributed by atoms with Crippen LogP contribution in [0.3, 0.4) is 0 Å². The summed E-state index contributed by atoms with van der Waals surface area (Å²) in [6, 6.07) is 0. The topological polar surface area (TPSA) is 63.6 Å². The number of carboxylic acids is 1. The van der Waals surface area contributed by atoms with Gasteiger partial charge in [0, 0.05) is 0 Å². The Morgan fingerprint density at radius 1 is 0.758 bits per heavy atom. The lowest BCUT2D eigenvalue weighted by Gasteiger charge is -2.11. The van der Waals surface area contributed by atoms with Crippen molar-refractivity contribution in [2.24, 2.45) is 5.92 Å². The number of rotatable bonds is 25. The summed E-state index contributed by atoms with van der Waals surface area (Å²) in [7, 11) is 0. The SMILES string of the molecule is C=CCOC(=O)CC(CCCCCCCCCCCC/C=C/CCCCCCCC)C(=O)O. The zero-order valence-electron chi connectivity index (χ0n) is 21.5. The average molecular weight is 465 g/mol. The fraction of sp³-hybridized carbons (Fsp3) is 0.793. The van der Waals surface area contributed by atoms with Crippen LogP contribution in [0.5, 0.6) is 0 Å². The van der Waals surface area contributed by atoms with E-state index < -0.39 is 17.9 Å². The molecule has 0 rings (SSSR count). The molecule has 1 unspecified atom stereocenters. The van der Waals surface area contributed by atoms with Gasteiger partial charge in [0.15, 0.2) is 0 Å². The molecule has 0 aromatic rings. The fourth-order valence-electron chi connectivity index (χ4n) is 4.07. The molecule has 0 aliphatic rings. The summed E-state index contributed by atoms with van der Waals surface area (Å²) < 4.78 is 4.89. The third-order valence-electron chi connectivity index (χ3n) is 6.19. The number of aliphatic carboxylic acids is 1. The van der Waals surface area contributed by atoms with Gasteiger partial charge in [-0.3, -0.25) is 9.59 Å². The summed E-state index contributed by atoms with van der Waals surface area (Å²) in [4.78, 5) is 22.9. The quantitative estimate of drug-likeness (QED) is 0.0832. The lowest BCUT2D eigenvalue weighted by Crippen LogP contribution is -2.19. The standard InChI is InChI=1S/C29H52O4/c1-3-5-6-7-8-9-10-11-12-13-14-15-16-17-18-19-20-21-22-23-24-27(29(31)32)26-28(30)33-25-4-2/h4,11-12,27H,2-3,5-10,13-26H2,1H3,(H,31,32)/b12-11+. The van der Waals surface area contributed by atoms with Crippen molar-refractivity contribution in [3.63, 3.8) is 0 Å². The highest BCUT2D eigenvalue weighted by Crippen LogP contribution is 2.17. The number of hydrogen-bond donors (Lipinski definition) is 1. The fourth-order valence-corrected chi connectivity index (χ4v) is 4.07. The maximum atomic E-state index is 11.6. The number of unbranched alkanes of at least 4 members (excludes halogenated alkanes) is 16. The third kappa shape index (κ3) is 23.4. The second kappa shape index (κ2) is 25.1. The summed E-state index contributed by atoms with van der Waals surface area (Å²) in [5.74, 6) is -1.99. The third-order valence-corrected chi connectivity index (χ3v) is 6.19. The van der Waals surface area contributed by atoms with Crippen LogP contribution in [-0.4, -0.2) is 23.7 Å². The zero-order chi connectivity index (χ0) is 24.4. The van der Waals surface area contributed by atoms with Crippen molar-refractivity contribution in [1.29, 1.82) is 0 Å². The van der Waals surface area contributed by atoms with Gasteiger partial charge in [0.1, 0.15) is 6.61 Å². The molecule has 192 valence electrons. The minimum Gasteiger partial charge on any atom is -0.481 e. The Hall–Kier alpha value is -1.58. The van der Waals surface area contributed by atoms with Gasteiger partial charge >= 0.3 is 11.9 Å². The van der Waals surface area contributed by atoms with Crippen LogP contribution < -0.4 is 0 Å². The van der Waals surface area contributed by atoms with Crippen molar-refractivity contribution < 1.29 is 19.4 Å². The second-order valence-electron chi connectivity index (χ2n) is 9.35. The van der Waals surface area contributed by atoms with Gasteiger partial charge in [-0.05, 0) is 32.1 Å². The first kappa shape index (κ1) is 31.4. The number of hydrogen-bond acceptors (Lipinski definition) is 3. The van der Waals surface area contributed by atoms with E-state index in [1.807, 2.05) is 0 Å². The number of carbonyl (C=O) groups is 2. The molecule has 0 heterocycles. The number of ether oxygens (including phenoxy) is 1. The van der Waals surface area contributed by atoms with Crippen LogP contribution in [0, 0.1) is 5.92 Å². The Morgan fingerprint density at radius 2 is 1.21 bits per heavy atom. The van der Waals surface area contributed by atoms with E-state index >= 15 is 0 Å². The minimum atomic E-state index is -0.904. The molecule has 0 aliphatic heterocycles. The zero-order valence-corrected chi connectivity index (χ0v) is 21.5. The van der Waals surface area contributed by atoms with Crippen molar-refractivity contribution in [3.05, 3.63) is 24.8 Å². The van der Waals surface area contributed by atoms with E-state index in [2.05, 4.69) is 25.7 Å². The van der Waals surface area contributed by atoms with Crippen molar-refractivity contribution in [1.82, 2.24) is 0 Å². The van der Waals surface area contributed by atoms with Gasteiger partial charge in [0.25, 0.3) is 0 Å². The predicted molar refractivity (Wildman–Crippen MR) is 139 cm³/mol. The molecule has 1 atom stereocenters. The first-order valence-electron chi connectivity index (χ1n) is 13.8. The maximum absolute atomic E-state index is 11.6. The molecule has 0 saturated heterocycles. The van der Waals surface area contributed by atoms with Gasteiger partial charge in [-0.25, -0.2) is 0 Å². The van der Waals surface area contributed by atoms with Crippen LogP contribution in [0.2, 0.25) is 0 Å². The van der Waals surface area contributed by atoms with E-state index in [0.717, 1.165) is 19.3 Å². The molecular weight excluding hydrogens is 412 g/mol. The van der Waals surface area contributed by atoms with Crippen LogP contribution in [0.25, 0.3) is 0 Å². The van der Waals surface area contributed by atoms with Gasteiger partial charge in [0.2, 0.25) is 0 Å². The molecule has 0 fully saturated rings. The highest BCUT2D eigenvalue weighted by atomic mass is 16.5. The Kier molecular flexibility index (Phi) is 23.9. The lowest BCUT2D eigenvalue weighted by atomic mass is 9.97. The van der Waals surface area contributed by atoms with Crippen LogP contribution in [0.4, 0.5) is 0 Å². The Balaban J connectivity index is 3.41. The predicted octanol–water partition coefficient (Wildman–Crippen LogP) is 8.79. The summed E-state index contributed by atoms with van der Waals surface area (Å²) in [5.41, 5.74) is 0. The average Bonchev–Trinajstić information content (AvgIpc) is 2.80. The molecule has 0 aliphatic carbocycles. The van der Waals surface area contributed by atoms with E-state index in [-0.39, 0.29) is 13.0 Å². The van der Waals surface area contributed by atoms with Gasteiger partial charge in [-0.2, -0.15) is 0 Å². The number of carboxylic acid groups (broad SMARTS) is 1. The Bertz CT molecular complexity index is 498. The second-order valence-corrected chi connectivity index (χ2v) is 9.35. The Labute approximate surface area is 204 Å². The molecule has 0 aromatic carbocycles. The van der Waals surface area contributed by atoms with Crippen molar-refractivity contribution in [2.45, 2.75) is 135 Å². The van der Waals surface area contributed by atoms with Crippen LogP contribution >= 0.6 is 0 Å². The van der Waals surface area contributed by atoms with Crippen molar-refractivity contribution in [3.8, 4) is 0 Å². The van der Waals surface area contributed by atoms with Gasteiger partial charge < -0.3 is 9.84 Å². The highest BCUT2D eigenvalue weighted by molar-refractivity contribution is 5.78. The summed E-state index contributed by atoms with van der Waals surface area (Å²) in [6.07, 6.45) is 29.7. The molecule has 0 bridgehead atoms. The van der Waals surface area contributed by atoms with E-state index in [4.69, 9.17) is 4.74 Å². The van der Waals surface area contributed by atoms with E-state index in [1.54, 1.807) is 0 Å². The molecule has 4 heteroatoms. The molecule has 4 nitrogen and oxygen atoms in total. The first-order valence-corrected chi connectivity index (χ1v) is 13.8. The first-order chi connectivity index (χ1) is 16.1. The van der Waals surface area contributed by atoms with E-state index in [0.29, 0.717) is 6.42 Å². The van der Waals surface area contributed by atoms with Crippen LogP contribution in [-0.2, 0) is 14.3 Å².